The van der Waals surface area contributed by atoms with Gasteiger partial charge in [0.05, 0.1) is 16.9 Å². The molecule has 0 aliphatic rings. The van der Waals surface area contributed by atoms with E-state index in [4.69, 9.17) is 23.2 Å². The third-order valence-corrected chi connectivity index (χ3v) is 3.09. The number of hydrogen-bond acceptors (Lipinski definition) is 5. The van der Waals surface area contributed by atoms with Gasteiger partial charge in [0.1, 0.15) is 5.39 Å². The van der Waals surface area contributed by atoms with Crippen molar-refractivity contribution in [1.29, 1.82) is 0 Å². The Kier molecular flexibility index (Phi) is 2.69. The average molecular weight is 297 g/mol. The summed E-state index contributed by atoms with van der Waals surface area (Å²) in [5.41, 5.74) is 0.718. The minimum Gasteiger partial charge on any atom is -0.493 e. The third kappa shape index (κ3) is 1.94. The maximum atomic E-state index is 9.61. The molecule has 0 aliphatic carbocycles. The summed E-state index contributed by atoms with van der Waals surface area (Å²) >= 11 is 12.0. The molecule has 0 atom stereocenters. The highest BCUT2D eigenvalue weighted by Crippen LogP contribution is 2.29. The van der Waals surface area contributed by atoms with Crippen LogP contribution in [0.4, 0.5) is 0 Å². The van der Waals surface area contributed by atoms with Crippen LogP contribution in [0.1, 0.15) is 0 Å². The smallest absolute Gasteiger partial charge is 0.319 e. The maximum absolute atomic E-state index is 9.61. The normalized spacial score (nSPS) is 11.1. The summed E-state index contributed by atoms with van der Waals surface area (Å²) in [6.07, 6.45) is 1.38. The van der Waals surface area contributed by atoms with Crippen LogP contribution in [0.2, 0.25) is 10.0 Å². The Morgan fingerprint density at radius 1 is 1.11 bits per heavy atom. The molecule has 0 bridgehead atoms. The Labute approximate surface area is 116 Å². The van der Waals surface area contributed by atoms with E-state index in [1.165, 1.54) is 10.9 Å². The zero-order chi connectivity index (χ0) is 13.6. The molecule has 3 aromatic rings. The molecule has 0 unspecified atom stereocenters. The molecule has 0 aliphatic heterocycles. The van der Waals surface area contributed by atoms with Gasteiger partial charge in [-0.15, -0.1) is 0 Å². The van der Waals surface area contributed by atoms with Gasteiger partial charge in [-0.3, -0.25) is 0 Å². The van der Waals surface area contributed by atoms with Gasteiger partial charge < -0.3 is 10.2 Å². The van der Waals surface area contributed by atoms with Crippen molar-refractivity contribution in [2.45, 2.75) is 0 Å². The van der Waals surface area contributed by atoms with E-state index in [9.17, 15) is 10.2 Å². The van der Waals surface area contributed by atoms with Crippen molar-refractivity contribution < 1.29 is 10.2 Å². The van der Waals surface area contributed by atoms with Crippen LogP contribution in [-0.2, 0) is 0 Å². The zero-order valence-corrected chi connectivity index (χ0v) is 10.8. The van der Waals surface area contributed by atoms with Gasteiger partial charge in [-0.05, 0) is 18.2 Å². The van der Waals surface area contributed by atoms with Crippen LogP contribution in [0.3, 0.4) is 0 Å². The Balaban J connectivity index is 2.34. The van der Waals surface area contributed by atoms with Crippen LogP contribution in [0.5, 0.6) is 11.9 Å². The van der Waals surface area contributed by atoms with Gasteiger partial charge in [0.15, 0.2) is 5.65 Å². The summed E-state index contributed by atoms with van der Waals surface area (Å²) in [5, 5.41) is 24.2. The van der Waals surface area contributed by atoms with Gasteiger partial charge in [-0.2, -0.15) is 15.1 Å². The van der Waals surface area contributed by atoms with Crippen molar-refractivity contribution in [3.05, 3.63) is 34.4 Å². The molecular weight excluding hydrogens is 291 g/mol. The fourth-order valence-corrected chi connectivity index (χ4v) is 2.07. The molecule has 0 saturated carbocycles. The lowest BCUT2D eigenvalue weighted by Gasteiger charge is -2.06. The molecule has 3 rings (SSSR count). The SMILES string of the molecule is Oc1nc(O)c2cnn(-c3cc(Cl)ccc3Cl)c2n1. The molecule has 8 heteroatoms. The molecule has 0 radical (unpaired) electrons. The molecule has 2 N–H and O–H groups in total. The Hall–Kier alpha value is -2.05. The van der Waals surface area contributed by atoms with Crippen molar-refractivity contribution in [1.82, 2.24) is 19.7 Å². The molecule has 2 heterocycles. The second-order valence-corrected chi connectivity index (χ2v) is 4.58. The molecule has 0 spiro atoms. The predicted octanol–water partition coefficient (Wildman–Crippen LogP) is 2.53. The van der Waals surface area contributed by atoms with E-state index in [1.807, 2.05) is 0 Å². The number of aromatic hydroxyl groups is 2. The Bertz CT molecular complexity index is 788. The van der Waals surface area contributed by atoms with Crippen molar-refractivity contribution in [2.24, 2.45) is 0 Å². The second-order valence-electron chi connectivity index (χ2n) is 3.74. The average Bonchev–Trinajstić information content (AvgIpc) is 2.76. The van der Waals surface area contributed by atoms with Gasteiger partial charge in [0, 0.05) is 5.02 Å². The first-order valence-corrected chi connectivity index (χ1v) is 5.91. The van der Waals surface area contributed by atoms with E-state index < -0.39 is 6.01 Å². The summed E-state index contributed by atoms with van der Waals surface area (Å²) in [5.74, 6) is -0.355. The molecule has 0 amide bonds. The lowest BCUT2D eigenvalue weighted by molar-refractivity contribution is 0.403. The van der Waals surface area contributed by atoms with Gasteiger partial charge in [-0.1, -0.05) is 23.2 Å². The van der Waals surface area contributed by atoms with E-state index in [0.717, 1.165) is 0 Å². The number of hydrogen-bond donors (Lipinski definition) is 2. The fourth-order valence-electron chi connectivity index (χ4n) is 1.71. The lowest BCUT2D eigenvalue weighted by Crippen LogP contribution is -1.99. The van der Waals surface area contributed by atoms with E-state index in [2.05, 4.69) is 15.1 Å². The highest BCUT2D eigenvalue weighted by Gasteiger charge is 2.15. The third-order valence-electron chi connectivity index (χ3n) is 2.53. The van der Waals surface area contributed by atoms with Crippen molar-refractivity contribution in [3.8, 4) is 17.6 Å². The molecule has 2 aromatic heterocycles. The monoisotopic (exact) mass is 296 g/mol. The standard InChI is InChI=1S/C11H6Cl2N4O2/c12-5-1-2-7(13)8(3-5)17-9-6(4-14-17)10(18)16-11(19)15-9/h1-4H,(H2,15,16,18,19). The van der Waals surface area contributed by atoms with Gasteiger partial charge in [0.2, 0.25) is 5.88 Å². The maximum Gasteiger partial charge on any atom is 0.319 e. The molecule has 6 nitrogen and oxygen atoms in total. The molecule has 96 valence electrons. The number of halogens is 2. The van der Waals surface area contributed by atoms with Crippen LogP contribution in [0, 0.1) is 0 Å². The summed E-state index contributed by atoms with van der Waals surface area (Å²) < 4.78 is 1.37. The summed E-state index contributed by atoms with van der Waals surface area (Å²) in [7, 11) is 0. The van der Waals surface area contributed by atoms with Gasteiger partial charge >= 0.3 is 6.01 Å². The summed E-state index contributed by atoms with van der Waals surface area (Å²) in [6, 6.07) is 4.31. The minimum absolute atomic E-state index is 0.231. The first-order chi connectivity index (χ1) is 9.06. The van der Waals surface area contributed by atoms with E-state index >= 15 is 0 Å². The second kappa shape index (κ2) is 4.25. The lowest BCUT2D eigenvalue weighted by atomic mass is 10.3. The number of fused-ring (bicyclic) bond motifs is 1. The number of rotatable bonds is 1. The van der Waals surface area contributed by atoms with E-state index in [1.54, 1.807) is 18.2 Å². The largest absolute Gasteiger partial charge is 0.493 e. The number of aromatic nitrogens is 4. The molecule has 1 aromatic carbocycles. The highest BCUT2D eigenvalue weighted by atomic mass is 35.5. The summed E-state index contributed by atoms with van der Waals surface area (Å²) in [6.45, 7) is 0. The predicted molar refractivity (Wildman–Crippen MR) is 70.0 cm³/mol. The van der Waals surface area contributed by atoms with E-state index in [-0.39, 0.29) is 11.5 Å². The topological polar surface area (TPSA) is 84.1 Å². The highest BCUT2D eigenvalue weighted by molar-refractivity contribution is 6.34. The fraction of sp³-hybridized carbons (Fsp3) is 0. The number of nitrogens with zero attached hydrogens (tertiary/aromatic N) is 4. The van der Waals surface area contributed by atoms with Gasteiger partial charge in [0.25, 0.3) is 0 Å². The molecule has 19 heavy (non-hydrogen) atoms. The molecule has 0 fully saturated rings. The summed E-state index contributed by atoms with van der Waals surface area (Å²) in [4.78, 5) is 7.26. The Morgan fingerprint density at radius 2 is 1.89 bits per heavy atom. The first-order valence-electron chi connectivity index (χ1n) is 5.15. The van der Waals surface area contributed by atoms with Crippen LogP contribution in [0.25, 0.3) is 16.7 Å². The van der Waals surface area contributed by atoms with Crippen LogP contribution in [0.15, 0.2) is 24.4 Å². The van der Waals surface area contributed by atoms with Crippen molar-refractivity contribution >= 4 is 34.2 Å². The van der Waals surface area contributed by atoms with Gasteiger partial charge in [-0.25, -0.2) is 4.68 Å². The first kappa shape index (κ1) is 12.0. The quantitative estimate of drug-likeness (QED) is 0.721. The van der Waals surface area contributed by atoms with Crippen LogP contribution < -0.4 is 0 Å². The minimum atomic E-state index is -0.551. The van der Waals surface area contributed by atoms with E-state index in [0.29, 0.717) is 21.1 Å². The Morgan fingerprint density at radius 3 is 2.68 bits per heavy atom. The molecular formula is C11H6Cl2N4O2. The van der Waals surface area contributed by atoms with Crippen LogP contribution in [-0.4, -0.2) is 30.0 Å². The van der Waals surface area contributed by atoms with Crippen molar-refractivity contribution in [2.75, 3.05) is 0 Å². The van der Waals surface area contributed by atoms with Crippen LogP contribution >= 0.6 is 23.2 Å². The van der Waals surface area contributed by atoms with Crippen molar-refractivity contribution in [3.63, 3.8) is 0 Å². The number of benzene rings is 1. The zero-order valence-electron chi connectivity index (χ0n) is 9.25. The molecule has 0 saturated heterocycles.